The highest BCUT2D eigenvalue weighted by atomic mass is 16.5. The first-order valence-corrected chi connectivity index (χ1v) is 5.80. The lowest BCUT2D eigenvalue weighted by atomic mass is 9.92. The Balaban J connectivity index is 4.51. The Bertz CT molecular complexity index is 231. The van der Waals surface area contributed by atoms with Crippen molar-refractivity contribution < 1.29 is 19.4 Å². The maximum absolute atomic E-state index is 11.1. The Morgan fingerprint density at radius 2 is 1.94 bits per heavy atom. The zero-order valence-electron chi connectivity index (χ0n) is 11.5. The third-order valence-corrected chi connectivity index (χ3v) is 2.79. The second-order valence-electron chi connectivity index (χ2n) is 4.96. The molecule has 0 aliphatic rings. The second-order valence-corrected chi connectivity index (χ2v) is 4.96. The second kappa shape index (κ2) is 7.63. The summed E-state index contributed by atoms with van der Waals surface area (Å²) in [6, 6.07) is 0.175. The van der Waals surface area contributed by atoms with Gasteiger partial charge in [-0.05, 0) is 20.8 Å². The summed E-state index contributed by atoms with van der Waals surface area (Å²) in [5.74, 6) is -0.787. The SMILES string of the molecule is COCCN(CC(C)(C)C(=O)O)C(C)COC. The molecule has 102 valence electrons. The number of carboxylic acid groups (broad SMARTS) is 1. The Morgan fingerprint density at radius 3 is 2.35 bits per heavy atom. The highest BCUT2D eigenvalue weighted by Gasteiger charge is 2.31. The van der Waals surface area contributed by atoms with Crippen LogP contribution in [0.5, 0.6) is 0 Å². The molecule has 0 fully saturated rings. The number of hydrogen-bond donors (Lipinski definition) is 1. The van der Waals surface area contributed by atoms with Gasteiger partial charge in [0.15, 0.2) is 0 Å². The minimum atomic E-state index is -0.787. The summed E-state index contributed by atoms with van der Waals surface area (Å²) in [4.78, 5) is 13.2. The van der Waals surface area contributed by atoms with Crippen LogP contribution in [0.2, 0.25) is 0 Å². The quantitative estimate of drug-likeness (QED) is 0.660. The first-order valence-electron chi connectivity index (χ1n) is 5.80. The molecule has 0 heterocycles. The summed E-state index contributed by atoms with van der Waals surface area (Å²) < 4.78 is 10.2. The van der Waals surface area contributed by atoms with Crippen LogP contribution in [-0.2, 0) is 14.3 Å². The van der Waals surface area contributed by atoms with Crippen molar-refractivity contribution in [3.05, 3.63) is 0 Å². The van der Waals surface area contributed by atoms with Gasteiger partial charge in [-0.2, -0.15) is 0 Å². The van der Waals surface area contributed by atoms with Crippen LogP contribution in [0.15, 0.2) is 0 Å². The Labute approximate surface area is 104 Å². The fourth-order valence-corrected chi connectivity index (χ4v) is 1.59. The number of methoxy groups -OCH3 is 2. The molecule has 0 aromatic heterocycles. The Hall–Kier alpha value is -0.650. The van der Waals surface area contributed by atoms with Gasteiger partial charge in [-0.3, -0.25) is 9.69 Å². The van der Waals surface area contributed by atoms with Crippen LogP contribution in [0.1, 0.15) is 20.8 Å². The van der Waals surface area contributed by atoms with Crippen LogP contribution in [0, 0.1) is 5.41 Å². The van der Waals surface area contributed by atoms with Gasteiger partial charge in [0.25, 0.3) is 0 Å². The van der Waals surface area contributed by atoms with Crippen molar-refractivity contribution in [2.24, 2.45) is 5.41 Å². The third-order valence-electron chi connectivity index (χ3n) is 2.79. The lowest BCUT2D eigenvalue weighted by Crippen LogP contribution is -2.46. The number of carbonyl (C=O) groups is 1. The van der Waals surface area contributed by atoms with Gasteiger partial charge in [0.2, 0.25) is 0 Å². The van der Waals surface area contributed by atoms with Crippen molar-refractivity contribution in [1.29, 1.82) is 0 Å². The van der Waals surface area contributed by atoms with Gasteiger partial charge in [0, 0.05) is 33.4 Å². The van der Waals surface area contributed by atoms with Crippen LogP contribution in [0.25, 0.3) is 0 Å². The van der Waals surface area contributed by atoms with E-state index in [1.807, 2.05) is 6.92 Å². The van der Waals surface area contributed by atoms with Crippen LogP contribution in [-0.4, -0.2) is 62.5 Å². The van der Waals surface area contributed by atoms with Crippen molar-refractivity contribution in [2.45, 2.75) is 26.8 Å². The zero-order chi connectivity index (χ0) is 13.5. The van der Waals surface area contributed by atoms with Gasteiger partial charge in [0.1, 0.15) is 0 Å². The number of hydrogen-bond acceptors (Lipinski definition) is 4. The predicted molar refractivity (Wildman–Crippen MR) is 66.2 cm³/mol. The molecule has 0 aliphatic heterocycles. The zero-order valence-corrected chi connectivity index (χ0v) is 11.5. The molecule has 1 N–H and O–H groups in total. The average Bonchev–Trinajstić information content (AvgIpc) is 2.24. The van der Waals surface area contributed by atoms with E-state index in [4.69, 9.17) is 14.6 Å². The molecule has 5 heteroatoms. The van der Waals surface area contributed by atoms with Gasteiger partial charge in [-0.1, -0.05) is 0 Å². The van der Waals surface area contributed by atoms with E-state index in [0.29, 0.717) is 26.3 Å². The molecule has 0 amide bonds. The van der Waals surface area contributed by atoms with E-state index in [0.717, 1.165) is 0 Å². The standard InChI is InChI=1S/C12H25NO4/c1-10(8-17-5)13(6-7-16-4)9-12(2,3)11(14)15/h10H,6-9H2,1-5H3,(H,14,15). The van der Waals surface area contributed by atoms with Crippen LogP contribution < -0.4 is 0 Å². The number of carboxylic acids is 1. The summed E-state index contributed by atoms with van der Waals surface area (Å²) in [6.45, 7) is 7.84. The van der Waals surface area contributed by atoms with E-state index in [-0.39, 0.29) is 6.04 Å². The lowest BCUT2D eigenvalue weighted by Gasteiger charge is -2.33. The van der Waals surface area contributed by atoms with E-state index in [1.165, 1.54) is 0 Å². The molecule has 1 unspecified atom stereocenters. The first-order chi connectivity index (χ1) is 7.85. The van der Waals surface area contributed by atoms with E-state index in [2.05, 4.69) is 4.90 Å². The van der Waals surface area contributed by atoms with Gasteiger partial charge in [-0.15, -0.1) is 0 Å². The molecule has 0 aliphatic carbocycles. The normalized spacial score (nSPS) is 14.0. The molecule has 0 saturated carbocycles. The molecule has 1 atom stereocenters. The van der Waals surface area contributed by atoms with Crippen molar-refractivity contribution in [3.63, 3.8) is 0 Å². The van der Waals surface area contributed by atoms with Crippen molar-refractivity contribution in [2.75, 3.05) is 40.5 Å². The summed E-state index contributed by atoms with van der Waals surface area (Å²) >= 11 is 0. The van der Waals surface area contributed by atoms with Crippen LogP contribution in [0.4, 0.5) is 0 Å². The molecular weight excluding hydrogens is 222 g/mol. The summed E-state index contributed by atoms with van der Waals surface area (Å²) in [6.07, 6.45) is 0. The minimum Gasteiger partial charge on any atom is -0.481 e. The molecule has 0 aromatic rings. The largest absolute Gasteiger partial charge is 0.481 e. The van der Waals surface area contributed by atoms with E-state index >= 15 is 0 Å². The van der Waals surface area contributed by atoms with Gasteiger partial charge >= 0.3 is 5.97 Å². The molecular formula is C12H25NO4. The van der Waals surface area contributed by atoms with Crippen molar-refractivity contribution >= 4 is 5.97 Å². The number of ether oxygens (including phenoxy) is 2. The molecule has 0 aromatic carbocycles. The van der Waals surface area contributed by atoms with E-state index in [1.54, 1.807) is 28.1 Å². The number of aliphatic carboxylic acids is 1. The molecule has 0 spiro atoms. The maximum Gasteiger partial charge on any atom is 0.310 e. The molecule has 0 saturated heterocycles. The molecule has 0 bridgehead atoms. The predicted octanol–water partition coefficient (Wildman–Crippen LogP) is 1.08. The van der Waals surface area contributed by atoms with Gasteiger partial charge in [-0.25, -0.2) is 0 Å². The van der Waals surface area contributed by atoms with Gasteiger partial charge in [0.05, 0.1) is 18.6 Å². The molecule has 0 radical (unpaired) electrons. The molecule has 5 nitrogen and oxygen atoms in total. The third kappa shape index (κ3) is 6.00. The summed E-state index contributed by atoms with van der Waals surface area (Å²) in [7, 11) is 3.29. The first kappa shape index (κ1) is 16.4. The van der Waals surface area contributed by atoms with E-state index in [9.17, 15) is 4.79 Å². The van der Waals surface area contributed by atoms with Crippen molar-refractivity contribution in [3.8, 4) is 0 Å². The van der Waals surface area contributed by atoms with Gasteiger partial charge < -0.3 is 14.6 Å². The minimum absolute atomic E-state index is 0.175. The highest BCUT2D eigenvalue weighted by Crippen LogP contribution is 2.18. The van der Waals surface area contributed by atoms with E-state index < -0.39 is 11.4 Å². The topological polar surface area (TPSA) is 59.0 Å². The number of rotatable bonds is 9. The summed E-state index contributed by atoms with van der Waals surface area (Å²) in [5, 5.41) is 9.14. The average molecular weight is 247 g/mol. The van der Waals surface area contributed by atoms with Crippen LogP contribution >= 0.6 is 0 Å². The van der Waals surface area contributed by atoms with Crippen molar-refractivity contribution in [1.82, 2.24) is 4.90 Å². The lowest BCUT2D eigenvalue weighted by molar-refractivity contribution is -0.148. The fraction of sp³-hybridized carbons (Fsp3) is 0.917. The maximum atomic E-state index is 11.1. The molecule has 0 rings (SSSR count). The summed E-state index contributed by atoms with van der Waals surface area (Å²) in [5.41, 5.74) is -0.768. The molecule has 17 heavy (non-hydrogen) atoms. The Kier molecular flexibility index (Phi) is 7.34. The Morgan fingerprint density at radius 1 is 1.35 bits per heavy atom. The highest BCUT2D eigenvalue weighted by molar-refractivity contribution is 5.73. The van der Waals surface area contributed by atoms with Crippen LogP contribution in [0.3, 0.4) is 0 Å². The smallest absolute Gasteiger partial charge is 0.310 e. The number of nitrogens with zero attached hydrogens (tertiary/aromatic N) is 1. The fourth-order valence-electron chi connectivity index (χ4n) is 1.59. The monoisotopic (exact) mass is 247 g/mol.